The van der Waals surface area contributed by atoms with Gasteiger partial charge in [-0.1, -0.05) is 58.0 Å². The number of carboxylic acids is 1. The summed E-state index contributed by atoms with van der Waals surface area (Å²) in [6, 6.07) is 12.6. The fraction of sp³-hybridized carbons (Fsp3) is 0.423. The van der Waals surface area contributed by atoms with Crippen LogP contribution in [-0.2, 0) is 17.3 Å². The van der Waals surface area contributed by atoms with E-state index < -0.39 is 5.97 Å². The van der Waals surface area contributed by atoms with Gasteiger partial charge in [-0.2, -0.15) is 0 Å². The summed E-state index contributed by atoms with van der Waals surface area (Å²) >= 11 is 0. The van der Waals surface area contributed by atoms with Crippen molar-refractivity contribution >= 4 is 17.6 Å². The zero-order valence-electron chi connectivity index (χ0n) is 17.4. The largest absolute Gasteiger partial charge is 0.478 e. The zero-order chi connectivity index (χ0) is 20.1. The highest BCUT2D eigenvalue weighted by atomic mass is 16.4. The van der Waals surface area contributed by atoms with Crippen LogP contribution in [-0.4, -0.2) is 11.1 Å². The minimum atomic E-state index is -0.849. The Morgan fingerprint density at radius 2 is 1.64 bits per heavy atom. The van der Waals surface area contributed by atoms with Crippen molar-refractivity contribution in [2.24, 2.45) is 0 Å². The van der Waals surface area contributed by atoms with E-state index in [4.69, 9.17) is 0 Å². The zero-order valence-corrected chi connectivity index (χ0v) is 17.4. The van der Waals surface area contributed by atoms with E-state index in [9.17, 15) is 9.90 Å². The molecule has 0 heterocycles. The molecule has 1 N–H and O–H groups in total. The third-order valence-electron chi connectivity index (χ3n) is 6.81. The maximum Gasteiger partial charge on any atom is 0.335 e. The molecule has 0 amide bonds. The first kappa shape index (κ1) is 19.0. The predicted molar refractivity (Wildman–Crippen MR) is 116 cm³/mol. The molecule has 2 aromatic carbocycles. The van der Waals surface area contributed by atoms with Crippen LogP contribution in [0, 0.1) is 0 Å². The number of hydrogen-bond acceptors (Lipinski definition) is 1. The molecule has 4 rings (SSSR count). The van der Waals surface area contributed by atoms with Gasteiger partial charge in [0.25, 0.3) is 0 Å². The molecule has 28 heavy (non-hydrogen) atoms. The molecule has 0 unspecified atom stereocenters. The molecule has 0 fully saturated rings. The van der Waals surface area contributed by atoms with E-state index in [2.05, 4.69) is 52.0 Å². The van der Waals surface area contributed by atoms with Crippen LogP contribution >= 0.6 is 0 Å². The van der Waals surface area contributed by atoms with Crippen molar-refractivity contribution in [3.8, 4) is 0 Å². The van der Waals surface area contributed by atoms with Gasteiger partial charge < -0.3 is 5.11 Å². The minimum absolute atomic E-state index is 0.209. The molecule has 2 nitrogen and oxygen atoms in total. The molecule has 2 aliphatic carbocycles. The van der Waals surface area contributed by atoms with Crippen LogP contribution in [0.3, 0.4) is 0 Å². The SMILES string of the molecule is CC1(C)CCC(C)(C)c2cc(/C=C3/CCCc4cc(C(=O)O)ccc43)ccc21. The van der Waals surface area contributed by atoms with Crippen molar-refractivity contribution in [2.45, 2.75) is 70.6 Å². The van der Waals surface area contributed by atoms with Crippen molar-refractivity contribution < 1.29 is 9.90 Å². The first-order valence-corrected chi connectivity index (χ1v) is 10.4. The first-order valence-electron chi connectivity index (χ1n) is 10.4. The molecule has 2 heteroatoms. The van der Waals surface area contributed by atoms with Crippen LogP contribution in [0.5, 0.6) is 0 Å². The third-order valence-corrected chi connectivity index (χ3v) is 6.81. The Morgan fingerprint density at radius 3 is 2.36 bits per heavy atom. The van der Waals surface area contributed by atoms with Crippen LogP contribution in [0.15, 0.2) is 36.4 Å². The highest BCUT2D eigenvalue weighted by Crippen LogP contribution is 2.46. The van der Waals surface area contributed by atoms with E-state index in [0.29, 0.717) is 5.56 Å². The van der Waals surface area contributed by atoms with E-state index >= 15 is 0 Å². The summed E-state index contributed by atoms with van der Waals surface area (Å²) < 4.78 is 0. The molecular formula is C26H30O2. The summed E-state index contributed by atoms with van der Waals surface area (Å²) in [6.07, 6.45) is 7.84. The maximum atomic E-state index is 11.3. The van der Waals surface area contributed by atoms with Crippen molar-refractivity contribution in [3.63, 3.8) is 0 Å². The van der Waals surface area contributed by atoms with Gasteiger partial charge in [0.2, 0.25) is 0 Å². The van der Waals surface area contributed by atoms with Crippen LogP contribution in [0.25, 0.3) is 11.6 Å². The molecular weight excluding hydrogens is 344 g/mol. The van der Waals surface area contributed by atoms with Gasteiger partial charge in [0.05, 0.1) is 5.56 Å². The lowest BCUT2D eigenvalue weighted by Gasteiger charge is -2.42. The molecule has 2 aromatic rings. The second-order valence-electron chi connectivity index (χ2n) is 9.77. The van der Waals surface area contributed by atoms with Crippen LogP contribution in [0.1, 0.15) is 91.6 Å². The molecule has 0 radical (unpaired) electrons. The molecule has 2 aliphatic rings. The van der Waals surface area contributed by atoms with Gasteiger partial charge in [-0.05, 0) is 88.5 Å². The highest BCUT2D eigenvalue weighted by Gasteiger charge is 2.36. The lowest BCUT2D eigenvalue weighted by atomic mass is 9.63. The van der Waals surface area contributed by atoms with Crippen molar-refractivity contribution in [1.82, 2.24) is 0 Å². The molecule has 0 aromatic heterocycles. The molecule has 0 spiro atoms. The average molecular weight is 375 g/mol. The van der Waals surface area contributed by atoms with E-state index in [1.54, 1.807) is 6.07 Å². The minimum Gasteiger partial charge on any atom is -0.478 e. The summed E-state index contributed by atoms with van der Waals surface area (Å²) in [6.45, 7) is 9.44. The number of carboxylic acid groups (broad SMARTS) is 1. The number of hydrogen-bond donors (Lipinski definition) is 1. The number of benzene rings is 2. The standard InChI is InChI=1S/C26H30O2/c1-25(2)12-13-26(3,4)23-15-17(8-11-22(23)25)14-18-6-5-7-19-16-20(24(27)28)9-10-21(18)19/h8-11,14-16H,5-7,12-13H2,1-4H3,(H,27,28)/b18-14-. The Bertz CT molecular complexity index is 976. The Labute approximate surface area is 168 Å². The lowest BCUT2D eigenvalue weighted by Crippen LogP contribution is -2.33. The summed E-state index contributed by atoms with van der Waals surface area (Å²) in [5.41, 5.74) is 8.77. The number of allylic oxidation sites excluding steroid dienone is 1. The van der Waals surface area contributed by atoms with Gasteiger partial charge in [0.1, 0.15) is 0 Å². The van der Waals surface area contributed by atoms with E-state index in [1.165, 1.54) is 40.7 Å². The Hall–Kier alpha value is -2.35. The number of aromatic carboxylic acids is 1. The van der Waals surface area contributed by atoms with Gasteiger partial charge in [-0.15, -0.1) is 0 Å². The van der Waals surface area contributed by atoms with Crippen LogP contribution < -0.4 is 0 Å². The molecule has 0 aliphatic heterocycles. The summed E-state index contributed by atoms with van der Waals surface area (Å²) in [5, 5.41) is 9.28. The number of aryl methyl sites for hydroxylation is 1. The average Bonchev–Trinajstić information content (AvgIpc) is 2.65. The normalized spacial score (nSPS) is 21.1. The van der Waals surface area contributed by atoms with Crippen molar-refractivity contribution in [3.05, 3.63) is 69.8 Å². The molecule has 0 saturated heterocycles. The van der Waals surface area contributed by atoms with Gasteiger partial charge >= 0.3 is 5.97 Å². The van der Waals surface area contributed by atoms with Gasteiger partial charge in [-0.25, -0.2) is 4.79 Å². The van der Waals surface area contributed by atoms with Gasteiger partial charge in [0.15, 0.2) is 0 Å². The Balaban J connectivity index is 1.76. The summed E-state index contributed by atoms with van der Waals surface area (Å²) in [5.74, 6) is -0.849. The Kier molecular flexibility index (Phi) is 4.49. The Morgan fingerprint density at radius 1 is 0.929 bits per heavy atom. The smallest absolute Gasteiger partial charge is 0.335 e. The monoisotopic (exact) mass is 374 g/mol. The van der Waals surface area contributed by atoms with E-state index in [1.807, 2.05) is 12.1 Å². The van der Waals surface area contributed by atoms with Crippen LogP contribution in [0.2, 0.25) is 0 Å². The predicted octanol–water partition coefficient (Wildman–Crippen LogP) is 6.61. The number of carbonyl (C=O) groups is 1. The fourth-order valence-corrected chi connectivity index (χ4v) is 4.90. The number of rotatable bonds is 2. The summed E-state index contributed by atoms with van der Waals surface area (Å²) in [7, 11) is 0. The van der Waals surface area contributed by atoms with Crippen LogP contribution in [0.4, 0.5) is 0 Å². The topological polar surface area (TPSA) is 37.3 Å². The quantitative estimate of drug-likeness (QED) is 0.642. The first-order chi connectivity index (χ1) is 13.2. The molecule has 146 valence electrons. The van der Waals surface area contributed by atoms with E-state index in [0.717, 1.165) is 24.8 Å². The maximum absolute atomic E-state index is 11.3. The highest BCUT2D eigenvalue weighted by molar-refractivity contribution is 5.90. The number of fused-ring (bicyclic) bond motifs is 2. The molecule has 0 bridgehead atoms. The molecule has 0 saturated carbocycles. The lowest BCUT2D eigenvalue weighted by molar-refractivity contribution is 0.0696. The van der Waals surface area contributed by atoms with Gasteiger partial charge in [-0.3, -0.25) is 0 Å². The second-order valence-corrected chi connectivity index (χ2v) is 9.77. The fourth-order valence-electron chi connectivity index (χ4n) is 4.90. The van der Waals surface area contributed by atoms with E-state index in [-0.39, 0.29) is 10.8 Å². The summed E-state index contributed by atoms with van der Waals surface area (Å²) in [4.78, 5) is 11.3. The molecule has 0 atom stereocenters. The van der Waals surface area contributed by atoms with Gasteiger partial charge in [0, 0.05) is 0 Å². The third kappa shape index (κ3) is 3.30. The van der Waals surface area contributed by atoms with Crippen molar-refractivity contribution in [2.75, 3.05) is 0 Å². The second kappa shape index (κ2) is 6.62. The van der Waals surface area contributed by atoms with Crippen molar-refractivity contribution in [1.29, 1.82) is 0 Å².